The minimum Gasteiger partial charge on any atom is -0.383 e. The number of hydrogen-bond acceptors (Lipinski definition) is 3. The van der Waals surface area contributed by atoms with Crippen LogP contribution in [0.25, 0.3) is 10.8 Å². The summed E-state index contributed by atoms with van der Waals surface area (Å²) >= 11 is 1.78. The van der Waals surface area contributed by atoms with Crippen LogP contribution in [-0.4, -0.2) is 31.0 Å². The van der Waals surface area contributed by atoms with Crippen molar-refractivity contribution < 1.29 is 4.79 Å². The summed E-state index contributed by atoms with van der Waals surface area (Å²) in [6, 6.07) is 14.5. The molecule has 0 bridgehead atoms. The highest BCUT2D eigenvalue weighted by Crippen LogP contribution is 2.22. The van der Waals surface area contributed by atoms with Gasteiger partial charge in [0.2, 0.25) is 5.91 Å². The van der Waals surface area contributed by atoms with Gasteiger partial charge in [-0.15, -0.1) is 0 Å². The van der Waals surface area contributed by atoms with Gasteiger partial charge >= 0.3 is 0 Å². The van der Waals surface area contributed by atoms with Gasteiger partial charge in [0.25, 0.3) is 0 Å². The van der Waals surface area contributed by atoms with E-state index in [9.17, 15) is 4.79 Å². The van der Waals surface area contributed by atoms with Crippen LogP contribution in [0, 0.1) is 0 Å². The first kappa shape index (κ1) is 15.7. The van der Waals surface area contributed by atoms with Gasteiger partial charge in [0.1, 0.15) is 0 Å². The summed E-state index contributed by atoms with van der Waals surface area (Å²) in [6.45, 7) is 1.39. The Morgan fingerprint density at radius 1 is 1.10 bits per heavy atom. The second kappa shape index (κ2) is 8.57. The predicted octanol–water partition coefficient (Wildman–Crippen LogP) is 3.51. The molecule has 3 nitrogen and oxygen atoms in total. The van der Waals surface area contributed by atoms with Gasteiger partial charge in [-0.25, -0.2) is 0 Å². The van der Waals surface area contributed by atoms with Gasteiger partial charge < -0.3 is 10.6 Å². The Hall–Kier alpha value is -1.68. The fraction of sp³-hybridized carbons (Fsp3) is 0.353. The minimum absolute atomic E-state index is 0.142. The molecule has 0 spiro atoms. The highest BCUT2D eigenvalue weighted by molar-refractivity contribution is 7.98. The molecule has 0 unspecified atom stereocenters. The number of carbonyl (C=O) groups is 1. The van der Waals surface area contributed by atoms with Crippen LogP contribution in [0.1, 0.15) is 12.8 Å². The van der Waals surface area contributed by atoms with Crippen molar-refractivity contribution in [1.82, 2.24) is 5.32 Å². The van der Waals surface area contributed by atoms with E-state index >= 15 is 0 Å². The number of hydrogen-bond donors (Lipinski definition) is 2. The molecule has 4 heteroatoms. The second-order valence-electron chi connectivity index (χ2n) is 4.90. The number of benzene rings is 2. The summed E-state index contributed by atoms with van der Waals surface area (Å²) in [4.78, 5) is 11.6. The SMILES string of the molecule is CSCCCC(=O)NCCNc1cccc2ccccc12. The molecule has 0 aliphatic heterocycles. The standard InChI is InChI=1S/C17H22N2OS/c1-21-13-5-10-17(20)19-12-11-18-16-9-4-7-14-6-2-3-8-15(14)16/h2-4,6-9,18H,5,10-13H2,1H3,(H,19,20). The van der Waals surface area contributed by atoms with Crippen molar-refractivity contribution in [3.05, 3.63) is 42.5 Å². The average Bonchev–Trinajstić information content (AvgIpc) is 2.52. The molecule has 0 atom stereocenters. The van der Waals surface area contributed by atoms with Gasteiger partial charge in [-0.05, 0) is 29.9 Å². The Morgan fingerprint density at radius 2 is 1.90 bits per heavy atom. The molecule has 2 aromatic rings. The van der Waals surface area contributed by atoms with Gasteiger partial charge in [-0.3, -0.25) is 4.79 Å². The third kappa shape index (κ3) is 4.97. The average molecular weight is 302 g/mol. The van der Waals surface area contributed by atoms with Gasteiger partial charge in [0.15, 0.2) is 0 Å². The molecule has 0 aromatic heterocycles. The minimum atomic E-state index is 0.142. The normalized spacial score (nSPS) is 10.5. The van der Waals surface area contributed by atoms with Crippen LogP contribution in [0.3, 0.4) is 0 Å². The fourth-order valence-electron chi connectivity index (χ4n) is 2.24. The quantitative estimate of drug-likeness (QED) is 0.733. The highest BCUT2D eigenvalue weighted by Gasteiger charge is 2.01. The van der Waals surface area contributed by atoms with E-state index in [1.165, 1.54) is 10.8 Å². The molecule has 1 amide bonds. The Kier molecular flexibility index (Phi) is 6.41. The van der Waals surface area contributed by atoms with Gasteiger partial charge in [-0.2, -0.15) is 11.8 Å². The molecule has 2 rings (SSSR count). The zero-order valence-corrected chi connectivity index (χ0v) is 13.2. The van der Waals surface area contributed by atoms with E-state index in [1.54, 1.807) is 11.8 Å². The number of anilines is 1. The molecule has 0 fully saturated rings. The van der Waals surface area contributed by atoms with Crippen molar-refractivity contribution in [2.24, 2.45) is 0 Å². The number of thioether (sulfide) groups is 1. The summed E-state index contributed by atoms with van der Waals surface area (Å²) in [6.07, 6.45) is 3.63. The lowest BCUT2D eigenvalue weighted by Crippen LogP contribution is -2.28. The summed E-state index contributed by atoms with van der Waals surface area (Å²) in [5.41, 5.74) is 1.12. The maximum Gasteiger partial charge on any atom is 0.220 e. The first-order valence-electron chi connectivity index (χ1n) is 7.28. The molecule has 0 saturated heterocycles. The monoisotopic (exact) mass is 302 g/mol. The molecule has 21 heavy (non-hydrogen) atoms. The number of fused-ring (bicyclic) bond motifs is 1. The molecular formula is C17H22N2OS. The Bertz CT molecular complexity index is 581. The molecule has 0 heterocycles. The van der Waals surface area contributed by atoms with Crippen molar-refractivity contribution in [2.45, 2.75) is 12.8 Å². The van der Waals surface area contributed by atoms with E-state index in [-0.39, 0.29) is 5.91 Å². The molecule has 0 aliphatic carbocycles. The van der Waals surface area contributed by atoms with Crippen molar-refractivity contribution in [1.29, 1.82) is 0 Å². The predicted molar refractivity (Wildman–Crippen MR) is 93.1 cm³/mol. The van der Waals surface area contributed by atoms with Gasteiger partial charge in [-0.1, -0.05) is 36.4 Å². The second-order valence-corrected chi connectivity index (χ2v) is 5.89. The van der Waals surface area contributed by atoms with Crippen LogP contribution in [0.2, 0.25) is 0 Å². The third-order valence-electron chi connectivity index (χ3n) is 3.30. The van der Waals surface area contributed by atoms with E-state index in [0.717, 1.165) is 24.4 Å². The number of amides is 1. The molecule has 0 radical (unpaired) electrons. The van der Waals surface area contributed by atoms with Crippen LogP contribution in [0.4, 0.5) is 5.69 Å². The van der Waals surface area contributed by atoms with Crippen LogP contribution in [0.5, 0.6) is 0 Å². The maximum absolute atomic E-state index is 11.6. The van der Waals surface area contributed by atoms with E-state index in [0.29, 0.717) is 13.0 Å². The summed E-state index contributed by atoms with van der Waals surface area (Å²) in [7, 11) is 0. The van der Waals surface area contributed by atoms with Crippen molar-refractivity contribution in [3.8, 4) is 0 Å². The molecule has 112 valence electrons. The number of rotatable bonds is 8. The van der Waals surface area contributed by atoms with E-state index < -0.39 is 0 Å². The first-order valence-corrected chi connectivity index (χ1v) is 8.68. The Balaban J connectivity index is 1.76. The van der Waals surface area contributed by atoms with Gasteiger partial charge in [0, 0.05) is 30.6 Å². The summed E-state index contributed by atoms with van der Waals surface area (Å²) in [5, 5.41) is 8.78. The summed E-state index contributed by atoms with van der Waals surface area (Å²) < 4.78 is 0. The molecule has 2 N–H and O–H groups in total. The summed E-state index contributed by atoms with van der Waals surface area (Å²) in [5.74, 6) is 1.19. The first-order chi connectivity index (χ1) is 10.3. The number of nitrogens with one attached hydrogen (secondary N) is 2. The lowest BCUT2D eigenvalue weighted by atomic mass is 10.1. The van der Waals surface area contributed by atoms with Crippen molar-refractivity contribution in [3.63, 3.8) is 0 Å². The zero-order valence-electron chi connectivity index (χ0n) is 12.4. The van der Waals surface area contributed by atoms with Crippen LogP contribution in [0.15, 0.2) is 42.5 Å². The van der Waals surface area contributed by atoms with Crippen LogP contribution in [-0.2, 0) is 4.79 Å². The molecule has 0 aliphatic rings. The molecule has 0 saturated carbocycles. The maximum atomic E-state index is 11.6. The third-order valence-corrected chi connectivity index (χ3v) is 4.00. The zero-order chi connectivity index (χ0) is 14.9. The van der Waals surface area contributed by atoms with Gasteiger partial charge in [0.05, 0.1) is 0 Å². The number of carbonyl (C=O) groups excluding carboxylic acids is 1. The van der Waals surface area contributed by atoms with E-state index in [2.05, 4.69) is 41.2 Å². The lowest BCUT2D eigenvalue weighted by Gasteiger charge is -2.10. The van der Waals surface area contributed by atoms with Crippen LogP contribution >= 0.6 is 11.8 Å². The Morgan fingerprint density at radius 3 is 2.76 bits per heavy atom. The van der Waals surface area contributed by atoms with E-state index in [4.69, 9.17) is 0 Å². The van der Waals surface area contributed by atoms with Crippen molar-refractivity contribution in [2.75, 3.05) is 30.4 Å². The molecular weight excluding hydrogens is 280 g/mol. The van der Waals surface area contributed by atoms with E-state index in [1.807, 2.05) is 18.2 Å². The Labute approximate surface area is 130 Å². The smallest absolute Gasteiger partial charge is 0.220 e. The molecule has 2 aromatic carbocycles. The fourth-order valence-corrected chi connectivity index (χ4v) is 2.68. The largest absolute Gasteiger partial charge is 0.383 e. The lowest BCUT2D eigenvalue weighted by molar-refractivity contribution is -0.121. The van der Waals surface area contributed by atoms with Crippen molar-refractivity contribution >= 4 is 34.1 Å². The van der Waals surface area contributed by atoms with Crippen LogP contribution < -0.4 is 10.6 Å². The highest BCUT2D eigenvalue weighted by atomic mass is 32.2. The topological polar surface area (TPSA) is 41.1 Å².